The molecule has 2 heterocycles. The summed E-state index contributed by atoms with van der Waals surface area (Å²) in [6.07, 6.45) is 7.41. The minimum Gasteiger partial charge on any atom is -0.469 e. The second kappa shape index (κ2) is 8.89. The SMILES string of the molecule is COC(=O)C1(C)CC(N2CCC[C@H](C3CCNCC3)C2)C1.Cl.Cl. The molecule has 6 heteroatoms. The Kier molecular flexibility index (Phi) is 8.12. The summed E-state index contributed by atoms with van der Waals surface area (Å²) in [4.78, 5) is 14.5. The topological polar surface area (TPSA) is 41.6 Å². The third kappa shape index (κ3) is 4.53. The standard InChI is InChI=1S/C17H30N2O2.2ClH/c1-17(16(20)21-2)10-15(11-17)19-9-3-4-14(12-19)13-5-7-18-8-6-13;;/h13-15,18H,3-12H2,1-2H3;2*1H/t14-,15?,17?;;/m0../s1. The van der Waals surface area contributed by atoms with E-state index in [0.29, 0.717) is 6.04 Å². The predicted octanol–water partition coefficient (Wildman–Crippen LogP) is 2.88. The lowest BCUT2D eigenvalue weighted by atomic mass is 9.65. The van der Waals surface area contributed by atoms with E-state index in [-0.39, 0.29) is 36.2 Å². The van der Waals surface area contributed by atoms with Crippen LogP contribution in [0.4, 0.5) is 0 Å². The van der Waals surface area contributed by atoms with Crippen molar-refractivity contribution in [1.29, 1.82) is 0 Å². The van der Waals surface area contributed by atoms with E-state index in [2.05, 4.69) is 17.1 Å². The summed E-state index contributed by atoms with van der Waals surface area (Å²) in [5.41, 5.74) is -0.221. The monoisotopic (exact) mass is 366 g/mol. The van der Waals surface area contributed by atoms with Crippen LogP contribution in [-0.2, 0) is 9.53 Å². The van der Waals surface area contributed by atoms with E-state index in [4.69, 9.17) is 4.74 Å². The van der Waals surface area contributed by atoms with Crippen LogP contribution >= 0.6 is 24.8 Å². The van der Waals surface area contributed by atoms with Crippen LogP contribution in [0.3, 0.4) is 0 Å². The second-order valence-corrected chi connectivity index (χ2v) is 7.60. The molecule has 0 unspecified atom stereocenters. The average molecular weight is 367 g/mol. The van der Waals surface area contributed by atoms with Gasteiger partial charge >= 0.3 is 5.97 Å². The number of hydrogen-bond donors (Lipinski definition) is 1. The highest BCUT2D eigenvalue weighted by Crippen LogP contribution is 2.45. The van der Waals surface area contributed by atoms with Gasteiger partial charge in [0.1, 0.15) is 0 Å². The van der Waals surface area contributed by atoms with Crippen molar-refractivity contribution in [3.63, 3.8) is 0 Å². The molecular formula is C17H32Cl2N2O2. The molecule has 1 aliphatic carbocycles. The third-order valence-electron chi connectivity index (χ3n) is 6.11. The lowest BCUT2D eigenvalue weighted by Crippen LogP contribution is -2.56. The van der Waals surface area contributed by atoms with Crippen molar-refractivity contribution < 1.29 is 9.53 Å². The highest BCUT2D eigenvalue weighted by Gasteiger charge is 2.49. The molecule has 1 N–H and O–H groups in total. The normalized spacial score (nSPS) is 35.4. The van der Waals surface area contributed by atoms with E-state index in [0.717, 1.165) is 24.7 Å². The average Bonchev–Trinajstić information content (AvgIpc) is 2.52. The van der Waals surface area contributed by atoms with E-state index >= 15 is 0 Å². The summed E-state index contributed by atoms with van der Waals surface area (Å²) < 4.78 is 4.94. The van der Waals surface area contributed by atoms with Crippen molar-refractivity contribution in [3.05, 3.63) is 0 Å². The number of piperidine rings is 2. The fourth-order valence-electron chi connectivity index (χ4n) is 4.72. The van der Waals surface area contributed by atoms with Crippen LogP contribution in [0.25, 0.3) is 0 Å². The van der Waals surface area contributed by atoms with Crippen LogP contribution in [0.15, 0.2) is 0 Å². The first-order valence-electron chi connectivity index (χ1n) is 8.65. The molecule has 2 saturated heterocycles. The molecule has 1 atom stereocenters. The molecule has 3 rings (SSSR count). The first-order chi connectivity index (χ1) is 10.1. The number of ether oxygens (including phenoxy) is 1. The van der Waals surface area contributed by atoms with Gasteiger partial charge in [-0.05, 0) is 76.9 Å². The summed E-state index contributed by atoms with van der Waals surface area (Å²) in [6, 6.07) is 0.610. The molecule has 0 radical (unpaired) electrons. The van der Waals surface area contributed by atoms with Gasteiger partial charge in [-0.15, -0.1) is 24.8 Å². The summed E-state index contributed by atoms with van der Waals surface area (Å²) in [5, 5.41) is 3.47. The molecule has 0 aromatic rings. The Labute approximate surface area is 152 Å². The number of likely N-dealkylation sites (tertiary alicyclic amines) is 1. The summed E-state index contributed by atoms with van der Waals surface area (Å²) in [7, 11) is 1.51. The van der Waals surface area contributed by atoms with E-state index in [1.165, 1.54) is 59.0 Å². The van der Waals surface area contributed by atoms with Crippen molar-refractivity contribution in [2.24, 2.45) is 17.3 Å². The number of halogens is 2. The minimum absolute atomic E-state index is 0. The Hall–Kier alpha value is -0.0300. The molecule has 0 aromatic carbocycles. The molecule has 0 aromatic heterocycles. The zero-order valence-electron chi connectivity index (χ0n) is 14.4. The quantitative estimate of drug-likeness (QED) is 0.779. The van der Waals surface area contributed by atoms with Crippen LogP contribution in [0.5, 0.6) is 0 Å². The van der Waals surface area contributed by atoms with Gasteiger partial charge < -0.3 is 15.0 Å². The number of rotatable bonds is 3. The van der Waals surface area contributed by atoms with E-state index in [1.54, 1.807) is 0 Å². The van der Waals surface area contributed by atoms with E-state index < -0.39 is 0 Å². The highest BCUT2D eigenvalue weighted by atomic mass is 35.5. The zero-order chi connectivity index (χ0) is 14.9. The van der Waals surface area contributed by atoms with E-state index in [9.17, 15) is 4.79 Å². The number of hydrogen-bond acceptors (Lipinski definition) is 4. The maximum Gasteiger partial charge on any atom is 0.311 e. The van der Waals surface area contributed by atoms with Crippen LogP contribution in [0, 0.1) is 17.3 Å². The highest BCUT2D eigenvalue weighted by molar-refractivity contribution is 5.85. The van der Waals surface area contributed by atoms with Gasteiger partial charge in [0.25, 0.3) is 0 Å². The predicted molar refractivity (Wildman–Crippen MR) is 97.5 cm³/mol. The fraction of sp³-hybridized carbons (Fsp3) is 0.941. The molecule has 136 valence electrons. The maximum atomic E-state index is 11.8. The molecule has 0 spiro atoms. The first-order valence-corrected chi connectivity index (χ1v) is 8.65. The first kappa shape index (κ1) is 21.0. The molecule has 23 heavy (non-hydrogen) atoms. The summed E-state index contributed by atoms with van der Waals surface area (Å²) >= 11 is 0. The zero-order valence-corrected chi connectivity index (χ0v) is 16.0. The second-order valence-electron chi connectivity index (χ2n) is 7.60. The van der Waals surface area contributed by atoms with Gasteiger partial charge in [0.05, 0.1) is 12.5 Å². The lowest BCUT2D eigenvalue weighted by molar-refractivity contribution is -0.162. The van der Waals surface area contributed by atoms with E-state index in [1.807, 2.05) is 0 Å². The van der Waals surface area contributed by atoms with Gasteiger partial charge in [0, 0.05) is 12.6 Å². The molecule has 4 nitrogen and oxygen atoms in total. The van der Waals surface area contributed by atoms with Crippen molar-refractivity contribution in [1.82, 2.24) is 10.2 Å². The summed E-state index contributed by atoms with van der Waals surface area (Å²) in [6.45, 7) is 6.94. The fourth-order valence-corrected chi connectivity index (χ4v) is 4.72. The molecule has 1 saturated carbocycles. The van der Waals surface area contributed by atoms with Gasteiger partial charge in [0.15, 0.2) is 0 Å². The Balaban J connectivity index is 0.00000132. The van der Waals surface area contributed by atoms with Crippen LogP contribution < -0.4 is 5.32 Å². The number of nitrogens with one attached hydrogen (secondary N) is 1. The van der Waals surface area contributed by atoms with Crippen LogP contribution in [0.1, 0.15) is 45.4 Å². The van der Waals surface area contributed by atoms with Crippen molar-refractivity contribution >= 4 is 30.8 Å². The number of nitrogens with zero attached hydrogens (tertiary/aromatic N) is 1. The summed E-state index contributed by atoms with van der Waals surface area (Å²) in [5.74, 6) is 1.78. The molecule has 0 amide bonds. The number of esters is 1. The molecule has 2 aliphatic heterocycles. The van der Waals surface area contributed by atoms with Gasteiger partial charge in [0.2, 0.25) is 0 Å². The minimum atomic E-state index is -0.221. The Morgan fingerprint density at radius 2 is 1.78 bits per heavy atom. The maximum absolute atomic E-state index is 11.8. The smallest absolute Gasteiger partial charge is 0.311 e. The van der Waals surface area contributed by atoms with Gasteiger partial charge in [-0.3, -0.25) is 4.79 Å². The van der Waals surface area contributed by atoms with Crippen LogP contribution in [0.2, 0.25) is 0 Å². The molecular weight excluding hydrogens is 335 g/mol. The largest absolute Gasteiger partial charge is 0.469 e. The Morgan fingerprint density at radius 1 is 1.13 bits per heavy atom. The van der Waals surface area contributed by atoms with Crippen molar-refractivity contribution in [3.8, 4) is 0 Å². The molecule has 3 fully saturated rings. The Morgan fingerprint density at radius 3 is 2.39 bits per heavy atom. The van der Waals surface area contributed by atoms with Crippen LogP contribution in [-0.4, -0.2) is 50.2 Å². The number of carbonyl (C=O) groups is 1. The third-order valence-corrected chi connectivity index (χ3v) is 6.11. The lowest BCUT2D eigenvalue weighted by Gasteiger charge is -2.51. The van der Waals surface area contributed by atoms with Gasteiger partial charge in [-0.1, -0.05) is 0 Å². The number of methoxy groups -OCH3 is 1. The van der Waals surface area contributed by atoms with Gasteiger partial charge in [-0.2, -0.15) is 0 Å². The number of carbonyl (C=O) groups excluding carboxylic acids is 1. The molecule has 0 bridgehead atoms. The molecule has 3 aliphatic rings. The van der Waals surface area contributed by atoms with Crippen molar-refractivity contribution in [2.45, 2.75) is 51.5 Å². The van der Waals surface area contributed by atoms with Crippen molar-refractivity contribution in [2.75, 3.05) is 33.3 Å². The Bertz CT molecular complexity index is 383. The van der Waals surface area contributed by atoms with Gasteiger partial charge in [-0.25, -0.2) is 0 Å².